The minimum absolute atomic E-state index is 0.485. The first-order chi connectivity index (χ1) is 11.9. The molecule has 5 rings (SSSR count). The van der Waals surface area contributed by atoms with Crippen LogP contribution in [0.4, 0.5) is 0 Å². The summed E-state index contributed by atoms with van der Waals surface area (Å²) in [7, 11) is 0. The van der Waals surface area contributed by atoms with E-state index in [1.165, 1.54) is 38.6 Å². The predicted molar refractivity (Wildman–Crippen MR) is 102 cm³/mol. The minimum atomic E-state index is 0.485. The second kappa shape index (κ2) is 5.35. The highest BCUT2D eigenvalue weighted by Crippen LogP contribution is 2.42. The Morgan fingerprint density at radius 2 is 1.50 bits per heavy atom. The van der Waals surface area contributed by atoms with Crippen LogP contribution >= 0.6 is 0 Å². The molecule has 0 N–H and O–H groups in total. The molecular formula is C24H18. The number of hydrogen-bond donors (Lipinski definition) is 0. The highest BCUT2D eigenvalue weighted by Gasteiger charge is 2.26. The summed E-state index contributed by atoms with van der Waals surface area (Å²) in [5, 5.41) is 2.64. The third kappa shape index (κ3) is 2.00. The zero-order chi connectivity index (χ0) is 15.9. The van der Waals surface area contributed by atoms with E-state index in [2.05, 4.69) is 91.0 Å². The van der Waals surface area contributed by atoms with Gasteiger partial charge in [-0.2, -0.15) is 0 Å². The first-order valence-corrected chi connectivity index (χ1v) is 8.57. The lowest BCUT2D eigenvalue weighted by Crippen LogP contribution is -2.15. The summed E-state index contributed by atoms with van der Waals surface area (Å²) < 4.78 is 0. The van der Waals surface area contributed by atoms with Crippen molar-refractivity contribution in [2.75, 3.05) is 0 Å². The van der Waals surface area contributed by atoms with Crippen molar-refractivity contribution in [1.29, 1.82) is 0 Å². The molecule has 3 aromatic rings. The van der Waals surface area contributed by atoms with Gasteiger partial charge >= 0.3 is 0 Å². The van der Waals surface area contributed by atoms with Gasteiger partial charge in [-0.1, -0.05) is 91.0 Å². The van der Waals surface area contributed by atoms with Crippen molar-refractivity contribution in [3.8, 4) is 0 Å². The van der Waals surface area contributed by atoms with E-state index < -0.39 is 0 Å². The van der Waals surface area contributed by atoms with Gasteiger partial charge in [-0.15, -0.1) is 0 Å². The van der Waals surface area contributed by atoms with Crippen molar-refractivity contribution < 1.29 is 0 Å². The average Bonchev–Trinajstić information content (AvgIpc) is 2.66. The van der Waals surface area contributed by atoms with Gasteiger partial charge in [-0.25, -0.2) is 0 Å². The molecule has 0 nitrogen and oxygen atoms in total. The van der Waals surface area contributed by atoms with Crippen molar-refractivity contribution in [1.82, 2.24) is 0 Å². The van der Waals surface area contributed by atoms with Crippen LogP contribution in [0.2, 0.25) is 0 Å². The molecule has 1 unspecified atom stereocenters. The lowest BCUT2D eigenvalue weighted by molar-refractivity contribution is 0.754. The second-order valence-electron chi connectivity index (χ2n) is 6.57. The van der Waals surface area contributed by atoms with Gasteiger partial charge in [0.05, 0.1) is 0 Å². The number of benzene rings is 3. The number of hydrogen-bond acceptors (Lipinski definition) is 0. The monoisotopic (exact) mass is 306 g/mol. The van der Waals surface area contributed by atoms with Gasteiger partial charge in [-0.05, 0) is 45.0 Å². The summed E-state index contributed by atoms with van der Waals surface area (Å²) in [5.74, 6) is 0.485. The fourth-order valence-corrected chi connectivity index (χ4v) is 4.11. The Morgan fingerprint density at radius 1 is 0.708 bits per heavy atom. The molecule has 0 heterocycles. The molecule has 0 bridgehead atoms. The van der Waals surface area contributed by atoms with Gasteiger partial charge in [-0.3, -0.25) is 0 Å². The van der Waals surface area contributed by atoms with Crippen molar-refractivity contribution >= 4 is 16.3 Å². The summed E-state index contributed by atoms with van der Waals surface area (Å²) in [6, 6.07) is 24.2. The van der Waals surface area contributed by atoms with Crippen LogP contribution in [0.5, 0.6) is 0 Å². The third-order valence-electron chi connectivity index (χ3n) is 5.20. The molecule has 0 radical (unpaired) electrons. The second-order valence-corrected chi connectivity index (χ2v) is 6.57. The van der Waals surface area contributed by atoms with Gasteiger partial charge in [0.15, 0.2) is 0 Å². The fraction of sp³-hybridized carbons (Fsp3) is 0.0833. The van der Waals surface area contributed by atoms with Gasteiger partial charge in [0.2, 0.25) is 0 Å². The Morgan fingerprint density at radius 3 is 2.50 bits per heavy atom. The van der Waals surface area contributed by atoms with Crippen LogP contribution in [-0.4, -0.2) is 0 Å². The van der Waals surface area contributed by atoms with E-state index in [1.54, 1.807) is 0 Å². The first-order valence-electron chi connectivity index (χ1n) is 8.57. The van der Waals surface area contributed by atoms with Crippen molar-refractivity contribution in [3.63, 3.8) is 0 Å². The topological polar surface area (TPSA) is 0 Å². The molecule has 24 heavy (non-hydrogen) atoms. The number of allylic oxidation sites excluding steroid dienone is 5. The maximum absolute atomic E-state index is 2.34. The molecule has 0 spiro atoms. The minimum Gasteiger partial charge on any atom is -0.0767 e. The number of rotatable bonds is 1. The molecule has 0 aromatic heterocycles. The van der Waals surface area contributed by atoms with Crippen LogP contribution in [0.15, 0.2) is 96.6 Å². The Bertz CT molecular complexity index is 1030. The quantitative estimate of drug-likeness (QED) is 0.522. The molecule has 0 saturated carbocycles. The molecule has 2 aliphatic rings. The van der Waals surface area contributed by atoms with Gasteiger partial charge in [0.25, 0.3) is 0 Å². The molecule has 0 aliphatic heterocycles. The summed E-state index contributed by atoms with van der Waals surface area (Å²) in [4.78, 5) is 0. The van der Waals surface area contributed by atoms with Crippen molar-refractivity contribution in [2.24, 2.45) is 5.92 Å². The summed E-state index contributed by atoms with van der Waals surface area (Å²) >= 11 is 0. The van der Waals surface area contributed by atoms with E-state index >= 15 is 0 Å². The van der Waals surface area contributed by atoms with Crippen LogP contribution in [-0.2, 0) is 6.42 Å². The lowest BCUT2D eigenvalue weighted by Gasteiger charge is -2.29. The molecule has 0 saturated heterocycles. The zero-order valence-electron chi connectivity index (χ0n) is 13.4. The van der Waals surface area contributed by atoms with Gasteiger partial charge in [0, 0.05) is 5.92 Å². The average molecular weight is 306 g/mol. The Kier molecular flexibility index (Phi) is 3.02. The van der Waals surface area contributed by atoms with Crippen LogP contribution < -0.4 is 0 Å². The SMILES string of the molecule is C1=CC2=C(c3cccc4ccccc34)c3ccccc3CC2C=C1. The highest BCUT2D eigenvalue weighted by molar-refractivity contribution is 6.00. The largest absolute Gasteiger partial charge is 0.0767 e. The van der Waals surface area contributed by atoms with E-state index in [9.17, 15) is 0 Å². The molecule has 114 valence electrons. The molecule has 3 aromatic carbocycles. The number of fused-ring (bicyclic) bond motifs is 3. The third-order valence-corrected chi connectivity index (χ3v) is 5.20. The van der Waals surface area contributed by atoms with Crippen LogP contribution in [0.3, 0.4) is 0 Å². The summed E-state index contributed by atoms with van der Waals surface area (Å²) in [5.41, 5.74) is 7.04. The molecular weight excluding hydrogens is 288 g/mol. The van der Waals surface area contributed by atoms with E-state index in [0.717, 1.165) is 6.42 Å². The first kappa shape index (κ1) is 13.6. The van der Waals surface area contributed by atoms with Crippen molar-refractivity contribution in [3.05, 3.63) is 113 Å². The normalized spacial score (nSPS) is 18.6. The lowest BCUT2D eigenvalue weighted by atomic mass is 9.74. The van der Waals surface area contributed by atoms with Crippen LogP contribution in [0, 0.1) is 5.92 Å². The molecule has 0 heteroatoms. The summed E-state index contributed by atoms with van der Waals surface area (Å²) in [6.45, 7) is 0. The van der Waals surface area contributed by atoms with E-state index in [0.29, 0.717) is 5.92 Å². The van der Waals surface area contributed by atoms with Gasteiger partial charge < -0.3 is 0 Å². The van der Waals surface area contributed by atoms with E-state index in [4.69, 9.17) is 0 Å². The summed E-state index contributed by atoms with van der Waals surface area (Å²) in [6.07, 6.45) is 10.1. The zero-order valence-corrected chi connectivity index (χ0v) is 13.4. The molecule has 0 amide bonds. The van der Waals surface area contributed by atoms with Crippen molar-refractivity contribution in [2.45, 2.75) is 6.42 Å². The molecule has 0 fully saturated rings. The molecule has 2 aliphatic carbocycles. The Labute approximate surface area is 142 Å². The Balaban J connectivity index is 1.88. The molecule has 1 atom stereocenters. The Hall–Kier alpha value is -2.86. The maximum atomic E-state index is 2.34. The maximum Gasteiger partial charge on any atom is 0.00680 e. The predicted octanol–water partition coefficient (Wildman–Crippen LogP) is 5.94. The van der Waals surface area contributed by atoms with E-state index in [-0.39, 0.29) is 0 Å². The smallest absolute Gasteiger partial charge is 0.00680 e. The standard InChI is InChI=1S/C24H18/c1-4-12-20-17(8-1)11-7-15-23(20)24-21-13-5-2-9-18(21)16-19-10-3-6-14-22(19)24/h1-15,18H,16H2. The highest BCUT2D eigenvalue weighted by atomic mass is 14.3. The van der Waals surface area contributed by atoms with Gasteiger partial charge in [0.1, 0.15) is 0 Å². The van der Waals surface area contributed by atoms with Crippen LogP contribution in [0.25, 0.3) is 16.3 Å². The van der Waals surface area contributed by atoms with Crippen LogP contribution in [0.1, 0.15) is 16.7 Å². The van der Waals surface area contributed by atoms with E-state index in [1.807, 2.05) is 0 Å². The fourth-order valence-electron chi connectivity index (χ4n) is 4.11.